The molecule has 0 radical (unpaired) electrons. The van der Waals surface area contributed by atoms with Crippen molar-refractivity contribution in [3.63, 3.8) is 0 Å². The maximum atomic E-state index is 8.85. The highest BCUT2D eigenvalue weighted by molar-refractivity contribution is 6.00. The molecule has 74 valence electrons. The van der Waals surface area contributed by atoms with E-state index in [-0.39, 0.29) is 12.7 Å². The number of hydrogen-bond acceptors (Lipinski definition) is 3. The van der Waals surface area contributed by atoms with Crippen molar-refractivity contribution >= 4 is 5.71 Å². The van der Waals surface area contributed by atoms with Gasteiger partial charge in [-0.3, -0.25) is 0 Å². The van der Waals surface area contributed by atoms with Gasteiger partial charge in [0, 0.05) is 0 Å². The molecule has 2 rings (SSSR count). The van der Waals surface area contributed by atoms with Crippen LogP contribution in [0.4, 0.5) is 0 Å². The fraction of sp³-hybridized carbons (Fsp3) is 0.364. The minimum Gasteiger partial charge on any atom is -0.392 e. The summed E-state index contributed by atoms with van der Waals surface area (Å²) < 4.78 is 0. The molecule has 0 fully saturated rings. The summed E-state index contributed by atoms with van der Waals surface area (Å²) in [6, 6.07) is 9.97. The van der Waals surface area contributed by atoms with E-state index >= 15 is 0 Å². The van der Waals surface area contributed by atoms with E-state index in [0.29, 0.717) is 0 Å². The van der Waals surface area contributed by atoms with E-state index in [1.807, 2.05) is 30.3 Å². The van der Waals surface area contributed by atoms with Crippen LogP contribution >= 0.6 is 0 Å². The first kappa shape index (κ1) is 9.21. The lowest BCUT2D eigenvalue weighted by molar-refractivity contribution is 0.00454. The van der Waals surface area contributed by atoms with Gasteiger partial charge in [-0.2, -0.15) is 0 Å². The van der Waals surface area contributed by atoms with Crippen LogP contribution in [-0.2, 0) is 4.84 Å². The number of hydrogen-bond donors (Lipinski definition) is 1. The minimum atomic E-state index is -0.123. The van der Waals surface area contributed by atoms with Gasteiger partial charge < -0.3 is 9.94 Å². The predicted molar refractivity (Wildman–Crippen MR) is 54.2 cm³/mol. The van der Waals surface area contributed by atoms with E-state index in [1.165, 1.54) is 0 Å². The zero-order valence-corrected chi connectivity index (χ0v) is 7.89. The topological polar surface area (TPSA) is 41.8 Å². The molecule has 0 aromatic heterocycles. The van der Waals surface area contributed by atoms with Crippen molar-refractivity contribution in [1.82, 2.24) is 0 Å². The lowest BCUT2D eigenvalue weighted by atomic mass is 10.0. The highest BCUT2D eigenvalue weighted by atomic mass is 16.6. The number of rotatable bonds is 2. The van der Waals surface area contributed by atoms with E-state index < -0.39 is 0 Å². The van der Waals surface area contributed by atoms with Gasteiger partial charge in [0.2, 0.25) is 0 Å². The van der Waals surface area contributed by atoms with Gasteiger partial charge in [-0.25, -0.2) is 0 Å². The first-order valence-corrected chi connectivity index (χ1v) is 4.79. The molecule has 14 heavy (non-hydrogen) atoms. The van der Waals surface area contributed by atoms with Crippen molar-refractivity contribution in [2.45, 2.75) is 18.9 Å². The lowest BCUT2D eigenvalue weighted by Gasteiger charge is -2.19. The summed E-state index contributed by atoms with van der Waals surface area (Å²) in [4.78, 5) is 5.13. The molecular weight excluding hydrogens is 178 g/mol. The standard InChI is InChI=1S/C11H13NO2/c13-8-10-6-7-11(12-14-10)9-4-2-1-3-5-9/h1-5,10,13H,6-8H2/t10-/m0/s1. The highest BCUT2D eigenvalue weighted by Crippen LogP contribution is 2.15. The molecule has 1 aliphatic rings. The molecular formula is C11H13NO2. The SMILES string of the molecule is OC[C@@H]1CCC(c2ccccc2)=NO1. The molecule has 0 saturated carbocycles. The summed E-state index contributed by atoms with van der Waals surface area (Å²) in [7, 11) is 0. The summed E-state index contributed by atoms with van der Waals surface area (Å²) in [5.41, 5.74) is 2.07. The molecule has 3 heteroatoms. The first-order valence-electron chi connectivity index (χ1n) is 4.79. The smallest absolute Gasteiger partial charge is 0.150 e. The van der Waals surface area contributed by atoms with Gasteiger partial charge in [0.1, 0.15) is 0 Å². The van der Waals surface area contributed by atoms with Gasteiger partial charge in [-0.05, 0) is 18.4 Å². The van der Waals surface area contributed by atoms with Crippen molar-refractivity contribution in [3.8, 4) is 0 Å². The summed E-state index contributed by atoms with van der Waals surface area (Å²) in [6.07, 6.45) is 1.59. The molecule has 1 atom stereocenters. The largest absolute Gasteiger partial charge is 0.392 e. The summed E-state index contributed by atoms with van der Waals surface area (Å²) >= 11 is 0. The molecule has 1 heterocycles. The third-order valence-corrected chi connectivity index (χ3v) is 2.33. The molecule has 1 N–H and O–H groups in total. The summed E-state index contributed by atoms with van der Waals surface area (Å²) in [5, 5.41) is 12.9. The van der Waals surface area contributed by atoms with Crippen LogP contribution in [0.2, 0.25) is 0 Å². The van der Waals surface area contributed by atoms with Crippen molar-refractivity contribution in [2.24, 2.45) is 5.16 Å². The summed E-state index contributed by atoms with van der Waals surface area (Å²) in [6.45, 7) is 0.0472. The fourth-order valence-corrected chi connectivity index (χ4v) is 1.49. The Labute approximate surface area is 83.0 Å². The minimum absolute atomic E-state index is 0.0472. The van der Waals surface area contributed by atoms with Crippen molar-refractivity contribution in [1.29, 1.82) is 0 Å². The number of aliphatic hydroxyl groups excluding tert-OH is 1. The molecule has 0 unspecified atom stereocenters. The maximum Gasteiger partial charge on any atom is 0.150 e. The quantitative estimate of drug-likeness (QED) is 0.770. The van der Waals surface area contributed by atoms with Crippen LogP contribution in [0.3, 0.4) is 0 Å². The van der Waals surface area contributed by atoms with Gasteiger partial charge in [-0.1, -0.05) is 35.5 Å². The van der Waals surface area contributed by atoms with Crippen molar-refractivity contribution in [2.75, 3.05) is 6.61 Å². The van der Waals surface area contributed by atoms with E-state index in [2.05, 4.69) is 5.16 Å². The molecule has 0 aliphatic carbocycles. The summed E-state index contributed by atoms with van der Waals surface area (Å²) in [5.74, 6) is 0. The number of aliphatic hydroxyl groups is 1. The maximum absolute atomic E-state index is 8.85. The zero-order chi connectivity index (χ0) is 9.80. The van der Waals surface area contributed by atoms with Gasteiger partial charge in [0.25, 0.3) is 0 Å². The van der Waals surface area contributed by atoms with Gasteiger partial charge in [-0.15, -0.1) is 0 Å². The molecule has 1 aromatic rings. The average Bonchev–Trinajstić information content (AvgIpc) is 2.30. The Balaban J connectivity index is 2.11. The molecule has 0 bridgehead atoms. The number of nitrogens with zero attached hydrogens (tertiary/aromatic N) is 1. The molecule has 0 amide bonds. The Morgan fingerprint density at radius 2 is 2.14 bits per heavy atom. The fourth-order valence-electron chi connectivity index (χ4n) is 1.49. The second-order valence-electron chi connectivity index (χ2n) is 3.35. The first-order chi connectivity index (χ1) is 6.90. The molecule has 1 aliphatic heterocycles. The van der Waals surface area contributed by atoms with Crippen LogP contribution < -0.4 is 0 Å². The van der Waals surface area contributed by atoms with Crippen LogP contribution in [0, 0.1) is 0 Å². The number of benzene rings is 1. The normalized spacial score (nSPS) is 21.2. The monoisotopic (exact) mass is 191 g/mol. The molecule has 1 aromatic carbocycles. The Morgan fingerprint density at radius 1 is 1.36 bits per heavy atom. The van der Waals surface area contributed by atoms with Crippen LogP contribution in [0.25, 0.3) is 0 Å². The van der Waals surface area contributed by atoms with E-state index in [0.717, 1.165) is 24.1 Å². The second kappa shape index (κ2) is 4.24. The van der Waals surface area contributed by atoms with Gasteiger partial charge in [0.15, 0.2) is 6.10 Å². The van der Waals surface area contributed by atoms with Crippen molar-refractivity contribution in [3.05, 3.63) is 35.9 Å². The van der Waals surface area contributed by atoms with Crippen LogP contribution in [-0.4, -0.2) is 23.5 Å². The molecule has 3 nitrogen and oxygen atoms in total. The van der Waals surface area contributed by atoms with E-state index in [4.69, 9.17) is 9.94 Å². The number of oxime groups is 1. The van der Waals surface area contributed by atoms with Crippen LogP contribution in [0.1, 0.15) is 18.4 Å². The second-order valence-corrected chi connectivity index (χ2v) is 3.35. The van der Waals surface area contributed by atoms with Crippen LogP contribution in [0.5, 0.6) is 0 Å². The molecule has 0 spiro atoms. The van der Waals surface area contributed by atoms with Gasteiger partial charge in [0.05, 0.1) is 12.3 Å². The highest BCUT2D eigenvalue weighted by Gasteiger charge is 2.17. The average molecular weight is 191 g/mol. The van der Waals surface area contributed by atoms with Crippen molar-refractivity contribution < 1.29 is 9.94 Å². The molecule has 0 saturated heterocycles. The third-order valence-electron chi connectivity index (χ3n) is 2.33. The Bertz CT molecular complexity index is 321. The third kappa shape index (κ3) is 1.93. The Morgan fingerprint density at radius 3 is 2.71 bits per heavy atom. The predicted octanol–water partition coefficient (Wildman–Crippen LogP) is 1.56. The zero-order valence-electron chi connectivity index (χ0n) is 7.89. The van der Waals surface area contributed by atoms with E-state index in [9.17, 15) is 0 Å². The Kier molecular flexibility index (Phi) is 2.79. The lowest BCUT2D eigenvalue weighted by Crippen LogP contribution is -2.22. The Hall–Kier alpha value is -1.35. The van der Waals surface area contributed by atoms with Crippen LogP contribution in [0.15, 0.2) is 35.5 Å². The van der Waals surface area contributed by atoms with Gasteiger partial charge >= 0.3 is 0 Å². The van der Waals surface area contributed by atoms with E-state index in [1.54, 1.807) is 0 Å².